The van der Waals surface area contributed by atoms with Crippen LogP contribution in [0, 0.1) is 11.6 Å². The molecule has 7 heteroatoms. The summed E-state index contributed by atoms with van der Waals surface area (Å²) in [6, 6.07) is 2.07. The van der Waals surface area contributed by atoms with Crippen molar-refractivity contribution < 1.29 is 8.78 Å². The minimum atomic E-state index is -0.717. The number of anilines is 1. The molecule has 0 amide bonds. The summed E-state index contributed by atoms with van der Waals surface area (Å²) in [5, 5.41) is 2.80. The average Bonchev–Trinajstić information content (AvgIpc) is 2.86. The lowest BCUT2D eigenvalue weighted by Gasteiger charge is -2.17. The lowest BCUT2D eigenvalue weighted by atomic mass is 10.1. The summed E-state index contributed by atoms with van der Waals surface area (Å²) >= 11 is 4.70. The zero-order valence-corrected chi connectivity index (χ0v) is 11.6. The maximum Gasteiger partial charge on any atom is 0.150 e. The number of nitrogens with one attached hydrogen (secondary N) is 1. The van der Waals surface area contributed by atoms with E-state index in [0.29, 0.717) is 6.54 Å². The van der Waals surface area contributed by atoms with Crippen molar-refractivity contribution in [2.75, 3.05) is 5.32 Å². The molecule has 0 radical (unpaired) electrons. The van der Waals surface area contributed by atoms with E-state index in [4.69, 9.17) is 18.0 Å². The topological polar surface area (TPSA) is 55.9 Å². The second kappa shape index (κ2) is 5.96. The Kier molecular flexibility index (Phi) is 4.29. The molecule has 1 heterocycles. The molecule has 0 saturated carbocycles. The molecule has 0 aliphatic carbocycles. The molecule has 2 aromatic rings. The highest BCUT2D eigenvalue weighted by atomic mass is 32.1. The fourth-order valence-electron chi connectivity index (χ4n) is 1.86. The molecular formula is C13H14F2N4S. The minimum absolute atomic E-state index is 0.0409. The third kappa shape index (κ3) is 3.30. The Bertz CT molecular complexity index is 590. The Morgan fingerprint density at radius 1 is 1.45 bits per heavy atom. The van der Waals surface area contributed by atoms with Gasteiger partial charge in [0.25, 0.3) is 0 Å². The summed E-state index contributed by atoms with van der Waals surface area (Å²) in [6.07, 6.45) is 5.06. The van der Waals surface area contributed by atoms with Gasteiger partial charge in [0.1, 0.15) is 22.3 Å². The quantitative estimate of drug-likeness (QED) is 0.831. The van der Waals surface area contributed by atoms with Crippen molar-refractivity contribution in [2.24, 2.45) is 5.73 Å². The van der Waals surface area contributed by atoms with Gasteiger partial charge in [-0.3, -0.25) is 0 Å². The van der Waals surface area contributed by atoms with Crippen LogP contribution < -0.4 is 11.1 Å². The van der Waals surface area contributed by atoms with Crippen molar-refractivity contribution in [3.63, 3.8) is 0 Å². The predicted octanol–water partition coefficient (Wildman–Crippen LogP) is 2.30. The third-order valence-corrected chi connectivity index (χ3v) is 3.00. The van der Waals surface area contributed by atoms with E-state index in [-0.39, 0.29) is 22.3 Å². The number of hydrogen-bond donors (Lipinski definition) is 2. The molecule has 1 unspecified atom stereocenters. The van der Waals surface area contributed by atoms with Gasteiger partial charge in [0.2, 0.25) is 0 Å². The van der Waals surface area contributed by atoms with Gasteiger partial charge in [0.15, 0.2) is 0 Å². The van der Waals surface area contributed by atoms with Gasteiger partial charge in [0, 0.05) is 30.5 Å². The first-order chi connectivity index (χ1) is 9.47. The normalized spacial score (nSPS) is 12.2. The molecule has 20 heavy (non-hydrogen) atoms. The standard InChI is InChI=1S/C13H14F2N4S/c1-8(6-19-3-2-17-7-19)18-12-10(14)4-9(13(16)20)5-11(12)15/h2-5,7-8,18H,6H2,1H3,(H2,16,20). The van der Waals surface area contributed by atoms with Crippen molar-refractivity contribution in [1.29, 1.82) is 0 Å². The molecule has 0 aliphatic heterocycles. The molecular weight excluding hydrogens is 282 g/mol. The molecule has 0 bridgehead atoms. The number of aromatic nitrogens is 2. The summed E-state index contributed by atoms with van der Waals surface area (Å²) in [5.74, 6) is -1.43. The van der Waals surface area contributed by atoms with E-state index >= 15 is 0 Å². The van der Waals surface area contributed by atoms with Gasteiger partial charge in [0.05, 0.1) is 6.33 Å². The average molecular weight is 296 g/mol. The van der Waals surface area contributed by atoms with Gasteiger partial charge in [-0.15, -0.1) is 0 Å². The Labute approximate surface area is 120 Å². The molecule has 1 aromatic carbocycles. The van der Waals surface area contributed by atoms with Crippen molar-refractivity contribution in [3.8, 4) is 0 Å². The maximum absolute atomic E-state index is 13.9. The first kappa shape index (κ1) is 14.4. The second-order valence-corrected chi connectivity index (χ2v) is 4.92. The number of rotatable bonds is 5. The molecule has 3 N–H and O–H groups in total. The molecule has 4 nitrogen and oxygen atoms in total. The van der Waals surface area contributed by atoms with Gasteiger partial charge in [-0.2, -0.15) is 0 Å². The van der Waals surface area contributed by atoms with E-state index in [2.05, 4.69) is 10.3 Å². The second-order valence-electron chi connectivity index (χ2n) is 4.48. The van der Waals surface area contributed by atoms with E-state index < -0.39 is 11.6 Å². The Morgan fingerprint density at radius 2 is 2.10 bits per heavy atom. The number of thiocarbonyl (C=S) groups is 1. The van der Waals surface area contributed by atoms with Crippen LogP contribution in [0.1, 0.15) is 12.5 Å². The lowest BCUT2D eigenvalue weighted by molar-refractivity contribution is 0.568. The lowest BCUT2D eigenvalue weighted by Crippen LogP contribution is -2.23. The smallest absolute Gasteiger partial charge is 0.150 e. The van der Waals surface area contributed by atoms with Crippen LogP contribution in [-0.4, -0.2) is 20.6 Å². The van der Waals surface area contributed by atoms with Gasteiger partial charge < -0.3 is 15.6 Å². The number of halogens is 2. The summed E-state index contributed by atoms with van der Waals surface area (Å²) in [6.45, 7) is 2.36. The molecule has 1 aromatic heterocycles. The van der Waals surface area contributed by atoms with Crippen LogP contribution in [-0.2, 0) is 6.54 Å². The highest BCUT2D eigenvalue weighted by molar-refractivity contribution is 7.80. The first-order valence-corrected chi connectivity index (χ1v) is 6.39. The number of hydrogen-bond acceptors (Lipinski definition) is 3. The van der Waals surface area contributed by atoms with Crippen molar-refractivity contribution in [3.05, 3.63) is 48.1 Å². The fourth-order valence-corrected chi connectivity index (χ4v) is 1.97. The largest absolute Gasteiger partial charge is 0.389 e. The van der Waals surface area contributed by atoms with E-state index in [9.17, 15) is 8.78 Å². The summed E-state index contributed by atoms with van der Waals surface area (Å²) in [5.41, 5.74) is 5.35. The number of nitrogens with zero attached hydrogens (tertiary/aromatic N) is 2. The summed E-state index contributed by atoms with van der Waals surface area (Å²) in [4.78, 5) is 3.87. The third-order valence-electron chi connectivity index (χ3n) is 2.76. The van der Waals surface area contributed by atoms with Gasteiger partial charge in [-0.25, -0.2) is 13.8 Å². The highest BCUT2D eigenvalue weighted by Crippen LogP contribution is 2.22. The van der Waals surface area contributed by atoms with E-state index in [0.717, 1.165) is 12.1 Å². The van der Waals surface area contributed by atoms with Crippen LogP contribution in [0.5, 0.6) is 0 Å². The zero-order chi connectivity index (χ0) is 14.7. The molecule has 0 fully saturated rings. The van der Waals surface area contributed by atoms with Gasteiger partial charge >= 0.3 is 0 Å². The van der Waals surface area contributed by atoms with Gasteiger partial charge in [-0.1, -0.05) is 12.2 Å². The predicted molar refractivity (Wildman–Crippen MR) is 77.6 cm³/mol. The zero-order valence-electron chi connectivity index (χ0n) is 10.8. The summed E-state index contributed by atoms with van der Waals surface area (Å²) in [7, 11) is 0. The minimum Gasteiger partial charge on any atom is -0.389 e. The van der Waals surface area contributed by atoms with Gasteiger partial charge in [-0.05, 0) is 19.1 Å². The van der Waals surface area contributed by atoms with Crippen LogP contribution in [0.3, 0.4) is 0 Å². The van der Waals surface area contributed by atoms with E-state index in [1.807, 2.05) is 11.5 Å². The molecule has 2 rings (SSSR count). The number of imidazole rings is 1. The van der Waals surface area contributed by atoms with Crippen molar-refractivity contribution >= 4 is 22.9 Å². The SMILES string of the molecule is CC(Cn1ccnc1)Nc1c(F)cc(C(N)=S)cc1F. The number of benzene rings is 1. The summed E-state index contributed by atoms with van der Waals surface area (Å²) < 4.78 is 29.6. The molecule has 0 aliphatic rings. The Hall–Kier alpha value is -2.02. The molecule has 0 spiro atoms. The monoisotopic (exact) mass is 296 g/mol. The van der Waals surface area contributed by atoms with E-state index in [1.165, 1.54) is 0 Å². The van der Waals surface area contributed by atoms with Crippen LogP contribution in [0.25, 0.3) is 0 Å². The number of nitrogens with two attached hydrogens (primary N) is 1. The van der Waals surface area contributed by atoms with Crippen LogP contribution in [0.15, 0.2) is 30.9 Å². The highest BCUT2D eigenvalue weighted by Gasteiger charge is 2.14. The Morgan fingerprint density at radius 3 is 2.60 bits per heavy atom. The first-order valence-electron chi connectivity index (χ1n) is 5.98. The molecule has 1 atom stereocenters. The van der Waals surface area contributed by atoms with Crippen molar-refractivity contribution in [2.45, 2.75) is 19.5 Å². The Balaban J connectivity index is 2.14. The van der Waals surface area contributed by atoms with Crippen LogP contribution in [0.2, 0.25) is 0 Å². The van der Waals surface area contributed by atoms with Crippen molar-refractivity contribution in [1.82, 2.24) is 9.55 Å². The molecule has 0 saturated heterocycles. The van der Waals surface area contributed by atoms with Crippen LogP contribution >= 0.6 is 12.2 Å². The fraction of sp³-hybridized carbons (Fsp3) is 0.231. The van der Waals surface area contributed by atoms with Crippen LogP contribution in [0.4, 0.5) is 14.5 Å². The maximum atomic E-state index is 13.9. The molecule has 106 valence electrons. The van der Waals surface area contributed by atoms with E-state index in [1.54, 1.807) is 18.7 Å².